The fraction of sp³-hybridized carbons (Fsp3) is 0.875. The number of hydrogen-bond donors (Lipinski definition) is 3. The first-order chi connectivity index (χ1) is 6.81. The molecule has 15 heavy (non-hydrogen) atoms. The van der Waals surface area contributed by atoms with E-state index in [4.69, 9.17) is 16.2 Å². The van der Waals surface area contributed by atoms with Crippen LogP contribution in [0.15, 0.2) is 0 Å². The molecule has 0 aliphatic rings. The van der Waals surface area contributed by atoms with Crippen molar-refractivity contribution in [1.29, 1.82) is 5.41 Å². The Morgan fingerprint density at radius 1 is 1.53 bits per heavy atom. The van der Waals surface area contributed by atoms with Gasteiger partial charge in [-0.25, -0.2) is 0 Å². The maximum Gasteiger partial charge on any atom is 0.401 e. The molecule has 0 aliphatic carbocycles. The van der Waals surface area contributed by atoms with Gasteiger partial charge in [0, 0.05) is 6.54 Å². The summed E-state index contributed by atoms with van der Waals surface area (Å²) in [5.74, 6) is -0.310. The molecule has 0 radical (unpaired) electrons. The Morgan fingerprint density at radius 2 is 2.07 bits per heavy atom. The lowest BCUT2D eigenvalue weighted by atomic mass is 10.1. The molecule has 0 rings (SSSR count). The number of rotatable bonds is 6. The quantitative estimate of drug-likeness (QED) is 0.458. The van der Waals surface area contributed by atoms with E-state index >= 15 is 0 Å². The number of aliphatic hydroxyl groups is 1. The molecule has 0 amide bonds. The first-order valence-corrected chi connectivity index (χ1v) is 4.57. The lowest BCUT2D eigenvalue weighted by Gasteiger charge is -2.30. The van der Waals surface area contributed by atoms with Crippen molar-refractivity contribution in [2.45, 2.75) is 25.6 Å². The van der Waals surface area contributed by atoms with Crippen molar-refractivity contribution in [2.24, 2.45) is 5.73 Å². The Bertz CT molecular complexity index is 208. The fourth-order valence-electron chi connectivity index (χ4n) is 1.38. The molecule has 0 saturated heterocycles. The summed E-state index contributed by atoms with van der Waals surface area (Å²) < 4.78 is 36.5. The summed E-state index contributed by atoms with van der Waals surface area (Å²) in [6.45, 7) is -0.0457. The van der Waals surface area contributed by atoms with Gasteiger partial charge in [-0.2, -0.15) is 13.2 Å². The number of alkyl halides is 3. The van der Waals surface area contributed by atoms with Gasteiger partial charge in [-0.3, -0.25) is 10.3 Å². The minimum absolute atomic E-state index is 0.141. The van der Waals surface area contributed by atoms with Crippen molar-refractivity contribution in [2.75, 3.05) is 19.7 Å². The van der Waals surface area contributed by atoms with E-state index in [-0.39, 0.29) is 19.0 Å². The summed E-state index contributed by atoms with van der Waals surface area (Å²) in [6.07, 6.45) is -4.04. The predicted octanol–water partition coefficient (Wildman–Crippen LogP) is 0.558. The van der Waals surface area contributed by atoms with Gasteiger partial charge in [0.05, 0.1) is 19.2 Å². The average Bonchev–Trinajstić information content (AvgIpc) is 2.01. The van der Waals surface area contributed by atoms with Gasteiger partial charge in [-0.05, 0) is 6.42 Å². The van der Waals surface area contributed by atoms with Crippen LogP contribution < -0.4 is 5.73 Å². The first kappa shape index (κ1) is 14.2. The third-order valence-corrected chi connectivity index (χ3v) is 1.96. The summed E-state index contributed by atoms with van der Waals surface area (Å²) in [5, 5.41) is 15.8. The number of nitrogens with zero attached hydrogens (tertiary/aromatic N) is 1. The Morgan fingerprint density at radius 3 is 2.33 bits per heavy atom. The Kier molecular flexibility index (Phi) is 5.59. The predicted molar refractivity (Wildman–Crippen MR) is 50.7 cm³/mol. The highest BCUT2D eigenvalue weighted by Crippen LogP contribution is 2.18. The molecule has 7 heteroatoms. The van der Waals surface area contributed by atoms with Gasteiger partial charge in [-0.1, -0.05) is 6.92 Å². The molecule has 0 heterocycles. The number of halogens is 3. The van der Waals surface area contributed by atoms with Crippen molar-refractivity contribution in [3.05, 3.63) is 0 Å². The van der Waals surface area contributed by atoms with E-state index in [1.807, 2.05) is 0 Å². The van der Waals surface area contributed by atoms with Gasteiger partial charge in [0.25, 0.3) is 0 Å². The lowest BCUT2D eigenvalue weighted by molar-refractivity contribution is -0.149. The summed E-state index contributed by atoms with van der Waals surface area (Å²) in [4.78, 5) is 0.961. The van der Waals surface area contributed by atoms with Crippen LogP contribution in [-0.2, 0) is 0 Å². The number of hydrogen-bond acceptors (Lipinski definition) is 3. The number of aliphatic hydroxyl groups excluding tert-OH is 1. The molecule has 4 nitrogen and oxygen atoms in total. The highest BCUT2D eigenvalue weighted by Gasteiger charge is 2.33. The van der Waals surface area contributed by atoms with Crippen molar-refractivity contribution in [3.8, 4) is 0 Å². The van der Waals surface area contributed by atoms with Crippen LogP contribution in [0.2, 0.25) is 0 Å². The van der Waals surface area contributed by atoms with Crippen LogP contribution in [0.1, 0.15) is 13.3 Å². The third-order valence-electron chi connectivity index (χ3n) is 1.96. The molecule has 90 valence electrons. The SMILES string of the molecule is CCC(C(=N)N)N(CCO)CC(F)(F)F. The van der Waals surface area contributed by atoms with E-state index in [2.05, 4.69) is 0 Å². The van der Waals surface area contributed by atoms with Crippen molar-refractivity contribution >= 4 is 5.84 Å². The fourth-order valence-corrected chi connectivity index (χ4v) is 1.38. The normalized spacial score (nSPS) is 14.3. The van der Waals surface area contributed by atoms with E-state index in [9.17, 15) is 13.2 Å². The summed E-state index contributed by atoms with van der Waals surface area (Å²) in [6, 6.07) is -0.765. The van der Waals surface area contributed by atoms with Gasteiger partial charge in [-0.15, -0.1) is 0 Å². The van der Waals surface area contributed by atoms with E-state index in [1.54, 1.807) is 6.92 Å². The maximum absolute atomic E-state index is 12.2. The smallest absolute Gasteiger partial charge is 0.395 e. The lowest BCUT2D eigenvalue weighted by Crippen LogP contribution is -2.49. The molecular formula is C8H16F3N3O. The van der Waals surface area contributed by atoms with E-state index in [1.165, 1.54) is 0 Å². The van der Waals surface area contributed by atoms with Crippen LogP contribution in [0.5, 0.6) is 0 Å². The number of nitrogens with two attached hydrogens (primary N) is 1. The highest BCUT2D eigenvalue weighted by molar-refractivity contribution is 5.82. The summed E-state index contributed by atoms with van der Waals surface area (Å²) in [5.41, 5.74) is 5.19. The van der Waals surface area contributed by atoms with E-state index in [0.717, 1.165) is 4.90 Å². The third kappa shape index (κ3) is 5.58. The topological polar surface area (TPSA) is 73.3 Å². The molecule has 0 bridgehead atoms. The summed E-state index contributed by atoms with van der Waals surface area (Å²) in [7, 11) is 0. The molecule has 0 fully saturated rings. The molecule has 1 unspecified atom stereocenters. The monoisotopic (exact) mass is 227 g/mol. The van der Waals surface area contributed by atoms with Gasteiger partial charge in [0.15, 0.2) is 0 Å². The molecule has 0 saturated carbocycles. The second kappa shape index (κ2) is 5.92. The zero-order valence-corrected chi connectivity index (χ0v) is 8.51. The minimum atomic E-state index is -4.35. The molecule has 0 aliphatic heterocycles. The standard InChI is InChI=1S/C8H16F3N3O/c1-2-6(7(12)13)14(3-4-15)5-8(9,10)11/h6,15H,2-5H2,1H3,(H3,12,13). The average molecular weight is 227 g/mol. The van der Waals surface area contributed by atoms with Crippen molar-refractivity contribution < 1.29 is 18.3 Å². The summed E-state index contributed by atoms with van der Waals surface area (Å²) >= 11 is 0. The molecule has 4 N–H and O–H groups in total. The Balaban J connectivity index is 4.55. The zero-order valence-electron chi connectivity index (χ0n) is 8.51. The molecule has 0 aromatic carbocycles. The second-order valence-corrected chi connectivity index (χ2v) is 3.19. The van der Waals surface area contributed by atoms with E-state index < -0.39 is 18.8 Å². The van der Waals surface area contributed by atoms with Gasteiger partial charge in [0.1, 0.15) is 5.84 Å². The van der Waals surface area contributed by atoms with Crippen LogP contribution in [0.25, 0.3) is 0 Å². The molecule has 0 spiro atoms. The van der Waals surface area contributed by atoms with Gasteiger partial charge in [0.2, 0.25) is 0 Å². The minimum Gasteiger partial charge on any atom is -0.395 e. The maximum atomic E-state index is 12.2. The molecule has 1 atom stereocenters. The molecule has 0 aromatic rings. The molecule has 0 aromatic heterocycles. The van der Waals surface area contributed by atoms with E-state index in [0.29, 0.717) is 6.42 Å². The molecular weight excluding hydrogens is 211 g/mol. The van der Waals surface area contributed by atoms with Gasteiger partial charge < -0.3 is 10.8 Å². The Labute approximate surface area is 86.4 Å². The highest BCUT2D eigenvalue weighted by atomic mass is 19.4. The van der Waals surface area contributed by atoms with Crippen LogP contribution >= 0.6 is 0 Å². The van der Waals surface area contributed by atoms with Crippen LogP contribution in [0, 0.1) is 5.41 Å². The second-order valence-electron chi connectivity index (χ2n) is 3.19. The number of amidine groups is 1. The van der Waals surface area contributed by atoms with Crippen LogP contribution in [0.4, 0.5) is 13.2 Å². The Hall–Kier alpha value is -0.820. The first-order valence-electron chi connectivity index (χ1n) is 4.57. The number of nitrogens with one attached hydrogen (secondary N) is 1. The zero-order chi connectivity index (χ0) is 12.1. The van der Waals surface area contributed by atoms with Crippen LogP contribution in [-0.4, -0.2) is 47.8 Å². The van der Waals surface area contributed by atoms with Crippen molar-refractivity contribution in [1.82, 2.24) is 4.90 Å². The largest absolute Gasteiger partial charge is 0.401 e. The van der Waals surface area contributed by atoms with Gasteiger partial charge >= 0.3 is 6.18 Å². The van der Waals surface area contributed by atoms with Crippen molar-refractivity contribution in [3.63, 3.8) is 0 Å². The van der Waals surface area contributed by atoms with Crippen LogP contribution in [0.3, 0.4) is 0 Å².